The van der Waals surface area contributed by atoms with Crippen LogP contribution < -0.4 is 5.73 Å². The summed E-state index contributed by atoms with van der Waals surface area (Å²) in [5, 5.41) is 8.43. The lowest BCUT2D eigenvalue weighted by Gasteiger charge is -1.94. The molecule has 0 unspecified atom stereocenters. The Morgan fingerprint density at radius 1 is 1.29 bits per heavy atom. The molecule has 0 aliphatic heterocycles. The number of aromatic nitrogens is 4. The van der Waals surface area contributed by atoms with E-state index in [2.05, 4.69) is 20.2 Å². The lowest BCUT2D eigenvalue weighted by Crippen LogP contribution is -1.90. The molecule has 2 aromatic rings. The van der Waals surface area contributed by atoms with Gasteiger partial charge in [-0.05, 0) is 0 Å². The van der Waals surface area contributed by atoms with Crippen molar-refractivity contribution >= 4 is 17.4 Å². The average Bonchev–Trinajstić information content (AvgIpc) is 2.56. The van der Waals surface area contributed by atoms with Crippen LogP contribution in [0.4, 0.5) is 5.69 Å². The summed E-state index contributed by atoms with van der Waals surface area (Å²) >= 11 is 1.20. The van der Waals surface area contributed by atoms with Crippen molar-refractivity contribution in [2.24, 2.45) is 0 Å². The Morgan fingerprint density at radius 3 is 2.57 bits per heavy atom. The van der Waals surface area contributed by atoms with Crippen LogP contribution in [0.5, 0.6) is 0 Å². The minimum absolute atomic E-state index is 0.423. The van der Waals surface area contributed by atoms with Gasteiger partial charge in [0, 0.05) is 18.7 Å². The first kappa shape index (κ1) is 8.95. The Bertz CT molecular complexity index is 426. The molecule has 2 aromatic heterocycles. The number of nitrogen functional groups attached to an aromatic ring is 1. The molecule has 0 amide bonds. The quantitative estimate of drug-likeness (QED) is 0.734. The molecule has 0 aromatic carbocycles. The SMILES string of the molecule is Cc1nnc(Sc2ncc(N)cn2)o1. The van der Waals surface area contributed by atoms with Gasteiger partial charge in [-0.2, -0.15) is 0 Å². The van der Waals surface area contributed by atoms with Gasteiger partial charge in [0.1, 0.15) is 0 Å². The van der Waals surface area contributed by atoms with E-state index in [4.69, 9.17) is 10.2 Å². The number of aryl methyl sites for hydroxylation is 1. The molecular formula is C7H7N5OS. The van der Waals surface area contributed by atoms with Crippen LogP contribution in [-0.2, 0) is 0 Å². The molecule has 0 aliphatic carbocycles. The van der Waals surface area contributed by atoms with Crippen molar-refractivity contribution in [2.75, 3.05) is 5.73 Å². The molecule has 2 N–H and O–H groups in total. The predicted octanol–water partition coefficient (Wildman–Crippen LogP) is 0.901. The summed E-state index contributed by atoms with van der Waals surface area (Å²) in [4.78, 5) is 7.96. The van der Waals surface area contributed by atoms with Gasteiger partial charge in [-0.25, -0.2) is 9.97 Å². The highest BCUT2D eigenvalue weighted by Gasteiger charge is 2.06. The Hall–Kier alpha value is -1.63. The molecule has 2 heterocycles. The fourth-order valence-corrected chi connectivity index (χ4v) is 1.39. The number of nitrogens with two attached hydrogens (primary N) is 1. The Balaban J connectivity index is 2.15. The highest BCUT2D eigenvalue weighted by Crippen LogP contribution is 2.22. The highest BCUT2D eigenvalue weighted by molar-refractivity contribution is 7.98. The molecule has 0 atom stereocenters. The molecule has 0 spiro atoms. The van der Waals surface area contributed by atoms with Gasteiger partial charge < -0.3 is 10.2 Å². The minimum Gasteiger partial charge on any atom is -0.416 e. The lowest BCUT2D eigenvalue weighted by atomic mass is 10.6. The summed E-state index contributed by atoms with van der Waals surface area (Å²) < 4.78 is 5.15. The van der Waals surface area contributed by atoms with Crippen molar-refractivity contribution in [1.29, 1.82) is 0 Å². The second kappa shape index (κ2) is 3.62. The van der Waals surface area contributed by atoms with Crippen LogP contribution >= 0.6 is 11.8 Å². The first-order valence-electron chi connectivity index (χ1n) is 3.79. The summed E-state index contributed by atoms with van der Waals surface area (Å²) in [5.74, 6) is 0.517. The number of rotatable bonds is 2. The minimum atomic E-state index is 0.423. The van der Waals surface area contributed by atoms with Crippen LogP contribution in [0.15, 0.2) is 27.2 Å². The molecular weight excluding hydrogens is 202 g/mol. The zero-order valence-electron chi connectivity index (χ0n) is 7.34. The van der Waals surface area contributed by atoms with E-state index in [0.717, 1.165) is 0 Å². The summed E-state index contributed by atoms with van der Waals surface area (Å²) in [6.07, 6.45) is 3.05. The fourth-order valence-electron chi connectivity index (χ4n) is 0.777. The Labute approximate surface area is 84.0 Å². The summed E-state index contributed by atoms with van der Waals surface area (Å²) in [7, 11) is 0. The van der Waals surface area contributed by atoms with E-state index in [1.54, 1.807) is 6.92 Å². The third kappa shape index (κ3) is 1.99. The van der Waals surface area contributed by atoms with E-state index in [1.807, 2.05) is 0 Å². The van der Waals surface area contributed by atoms with E-state index in [1.165, 1.54) is 24.2 Å². The fraction of sp³-hybridized carbons (Fsp3) is 0.143. The van der Waals surface area contributed by atoms with Crippen molar-refractivity contribution in [3.63, 3.8) is 0 Å². The van der Waals surface area contributed by atoms with Gasteiger partial charge >= 0.3 is 0 Å². The maximum atomic E-state index is 5.44. The topological polar surface area (TPSA) is 90.7 Å². The van der Waals surface area contributed by atoms with E-state index < -0.39 is 0 Å². The number of hydrogen-bond donors (Lipinski definition) is 1. The summed E-state index contributed by atoms with van der Waals surface area (Å²) in [5.41, 5.74) is 5.96. The van der Waals surface area contributed by atoms with E-state index in [9.17, 15) is 0 Å². The number of nitrogens with zero attached hydrogens (tertiary/aromatic N) is 4. The third-order valence-corrected chi connectivity index (χ3v) is 2.07. The average molecular weight is 209 g/mol. The predicted molar refractivity (Wildman–Crippen MR) is 49.6 cm³/mol. The van der Waals surface area contributed by atoms with E-state index in [-0.39, 0.29) is 0 Å². The maximum Gasteiger partial charge on any atom is 0.284 e. The van der Waals surface area contributed by atoms with Gasteiger partial charge in [-0.15, -0.1) is 10.2 Å². The van der Waals surface area contributed by atoms with Crippen LogP contribution in [0.3, 0.4) is 0 Å². The standard InChI is InChI=1S/C7H7N5OS/c1-4-11-12-7(13-4)14-6-9-2-5(8)3-10-6/h2-3H,8H2,1H3. The van der Waals surface area contributed by atoms with E-state index in [0.29, 0.717) is 22.0 Å². The molecule has 7 heteroatoms. The molecule has 0 radical (unpaired) electrons. The first-order chi connectivity index (χ1) is 6.74. The van der Waals surface area contributed by atoms with Crippen LogP contribution in [0.25, 0.3) is 0 Å². The van der Waals surface area contributed by atoms with Gasteiger partial charge in [0.15, 0.2) is 5.16 Å². The first-order valence-corrected chi connectivity index (χ1v) is 4.61. The van der Waals surface area contributed by atoms with E-state index >= 15 is 0 Å². The van der Waals surface area contributed by atoms with Crippen molar-refractivity contribution < 1.29 is 4.42 Å². The maximum absolute atomic E-state index is 5.44. The summed E-state index contributed by atoms with van der Waals surface area (Å²) in [6.45, 7) is 1.72. The van der Waals surface area contributed by atoms with Crippen LogP contribution in [0.2, 0.25) is 0 Å². The molecule has 6 nitrogen and oxygen atoms in total. The molecule has 0 aliphatic rings. The summed E-state index contributed by atoms with van der Waals surface area (Å²) in [6, 6.07) is 0. The Kier molecular flexibility index (Phi) is 2.32. The molecule has 0 bridgehead atoms. The number of hydrogen-bond acceptors (Lipinski definition) is 7. The van der Waals surface area contributed by atoms with Gasteiger partial charge in [0.05, 0.1) is 18.1 Å². The van der Waals surface area contributed by atoms with Crippen molar-refractivity contribution in [1.82, 2.24) is 20.2 Å². The molecule has 0 fully saturated rings. The largest absolute Gasteiger partial charge is 0.416 e. The molecule has 14 heavy (non-hydrogen) atoms. The molecule has 72 valence electrons. The second-order valence-corrected chi connectivity index (χ2v) is 3.41. The Morgan fingerprint density at radius 2 is 2.00 bits per heavy atom. The van der Waals surface area contributed by atoms with Crippen LogP contribution in [0.1, 0.15) is 5.89 Å². The van der Waals surface area contributed by atoms with Crippen molar-refractivity contribution in [2.45, 2.75) is 17.3 Å². The second-order valence-electron chi connectivity index (χ2n) is 2.49. The van der Waals surface area contributed by atoms with Gasteiger partial charge in [-0.1, -0.05) is 0 Å². The van der Waals surface area contributed by atoms with Gasteiger partial charge in [-0.3, -0.25) is 0 Å². The lowest BCUT2D eigenvalue weighted by molar-refractivity contribution is 0.429. The number of anilines is 1. The van der Waals surface area contributed by atoms with Crippen molar-refractivity contribution in [3.05, 3.63) is 18.3 Å². The van der Waals surface area contributed by atoms with Crippen LogP contribution in [-0.4, -0.2) is 20.2 Å². The zero-order chi connectivity index (χ0) is 9.97. The smallest absolute Gasteiger partial charge is 0.284 e. The van der Waals surface area contributed by atoms with Crippen molar-refractivity contribution in [3.8, 4) is 0 Å². The monoisotopic (exact) mass is 209 g/mol. The normalized spacial score (nSPS) is 10.4. The highest BCUT2D eigenvalue weighted by atomic mass is 32.2. The zero-order valence-corrected chi connectivity index (χ0v) is 8.15. The van der Waals surface area contributed by atoms with Gasteiger partial charge in [0.25, 0.3) is 5.22 Å². The molecule has 0 saturated carbocycles. The molecule has 2 rings (SSSR count). The third-order valence-electron chi connectivity index (χ3n) is 1.33. The van der Waals surface area contributed by atoms with Gasteiger partial charge in [0.2, 0.25) is 5.89 Å². The molecule has 0 saturated heterocycles. The van der Waals surface area contributed by atoms with Crippen LogP contribution in [0, 0.1) is 6.92 Å².